The summed E-state index contributed by atoms with van der Waals surface area (Å²) < 4.78 is 0. The van der Waals surface area contributed by atoms with Gasteiger partial charge in [-0.1, -0.05) is 60.7 Å². The largest absolute Gasteiger partial charge is 1.00 e. The van der Waals surface area contributed by atoms with Crippen LogP contribution in [0.5, 0.6) is 0 Å². The maximum Gasteiger partial charge on any atom is -0.0201 e. The molecule has 4 heteroatoms. The monoisotopic (exact) mass is 656 g/mol. The Morgan fingerprint density at radius 3 is 1.23 bits per heavy atom. The molecule has 0 radical (unpaired) electrons. The molecule has 0 fully saturated rings. The molecule has 0 saturated carbocycles. The Kier molecular flexibility index (Phi) is 14.4. The van der Waals surface area contributed by atoms with E-state index in [-0.39, 0.29) is 30.2 Å². The minimum atomic E-state index is 0. The van der Waals surface area contributed by atoms with Crippen molar-refractivity contribution < 1.29 is 48.1 Å². The van der Waals surface area contributed by atoms with Gasteiger partial charge < -0.3 is 24.8 Å². The van der Waals surface area contributed by atoms with E-state index in [9.17, 15) is 0 Å². The molecule has 0 nitrogen and oxygen atoms in total. The molecule has 40 heavy (non-hydrogen) atoms. The molecule has 0 atom stereocenters. The smallest absolute Gasteiger partial charge is 0.0201 e. The quantitative estimate of drug-likeness (QED) is 0.200. The minimum Gasteiger partial charge on any atom is -1.00 e. The van der Waals surface area contributed by atoms with E-state index in [1.54, 1.807) is 23.3 Å². The molecule has 6 rings (SSSR count). The normalized spacial score (nSPS) is 9.95. The van der Waals surface area contributed by atoms with Gasteiger partial charge in [-0.05, 0) is 48.9 Å². The summed E-state index contributed by atoms with van der Waals surface area (Å²) in [6.45, 7) is 8.97. The number of benzene rings is 4. The van der Waals surface area contributed by atoms with Crippen LogP contribution in [0.25, 0.3) is 21.5 Å². The van der Waals surface area contributed by atoms with E-state index in [0.717, 1.165) is 12.8 Å². The summed E-state index contributed by atoms with van der Waals surface area (Å²) in [5.41, 5.74) is 8.60. The molecule has 0 aliphatic heterocycles. The van der Waals surface area contributed by atoms with E-state index in [0.29, 0.717) is 0 Å². The van der Waals surface area contributed by atoms with Crippen LogP contribution in [0.1, 0.15) is 33.4 Å². The van der Waals surface area contributed by atoms with E-state index in [4.69, 9.17) is 0 Å². The first-order chi connectivity index (χ1) is 18.4. The van der Waals surface area contributed by atoms with Gasteiger partial charge in [-0.2, -0.15) is 12.1 Å². The summed E-state index contributed by atoms with van der Waals surface area (Å²) in [5, 5.41) is 5.37. The van der Waals surface area contributed by atoms with Gasteiger partial charge >= 0.3 is 41.9 Å². The first kappa shape index (κ1) is 34.0. The van der Waals surface area contributed by atoms with Crippen LogP contribution < -0.4 is 24.8 Å². The SMILES string of the molecule is C[Si](C)=[Zr+2].Cc1ccccc1Cc1cc2ccccc2[cH-]1.Cc1ccccc1Cc1cc2ccccc2[cH-]1.[Cl-].[Cl-]. The van der Waals surface area contributed by atoms with Crippen LogP contribution in [-0.2, 0) is 36.2 Å². The molecular weight excluding hydrogens is 623 g/mol. The summed E-state index contributed by atoms with van der Waals surface area (Å²) in [4.78, 5) is 0. The van der Waals surface area contributed by atoms with Gasteiger partial charge in [0.25, 0.3) is 0 Å². The molecule has 204 valence electrons. The Bertz CT molecular complexity index is 1460. The molecule has 0 aromatic heterocycles. The van der Waals surface area contributed by atoms with Crippen molar-refractivity contribution in [1.82, 2.24) is 0 Å². The summed E-state index contributed by atoms with van der Waals surface area (Å²) >= 11 is 1.74. The number of halogens is 2. The summed E-state index contributed by atoms with van der Waals surface area (Å²) in [6, 6.07) is 43.5. The average Bonchev–Trinajstić information content (AvgIpc) is 3.50. The molecule has 6 aromatic carbocycles. The van der Waals surface area contributed by atoms with Crippen LogP contribution in [0.15, 0.2) is 121 Å². The summed E-state index contributed by atoms with van der Waals surface area (Å²) in [6.07, 6.45) is 2.06. The molecule has 0 spiro atoms. The molecule has 0 aliphatic carbocycles. The molecule has 0 heterocycles. The Morgan fingerprint density at radius 2 is 0.875 bits per heavy atom. The number of rotatable bonds is 4. The number of hydrogen-bond donors (Lipinski definition) is 0. The number of hydrogen-bond acceptors (Lipinski definition) is 0. The van der Waals surface area contributed by atoms with Gasteiger partial charge in [-0.3, -0.25) is 0 Å². The second-order valence-electron chi connectivity index (χ2n) is 10.2. The zero-order chi connectivity index (χ0) is 26.9. The van der Waals surface area contributed by atoms with Gasteiger partial charge in [0, 0.05) is 0 Å². The maximum atomic E-state index is 2.31. The van der Waals surface area contributed by atoms with Crippen LogP contribution in [0.4, 0.5) is 0 Å². The molecular formula is C36H36Cl2SiZr-2. The van der Waals surface area contributed by atoms with Gasteiger partial charge in [0.1, 0.15) is 0 Å². The van der Waals surface area contributed by atoms with Gasteiger partial charge in [-0.25, -0.2) is 0 Å². The zero-order valence-electron chi connectivity index (χ0n) is 23.7. The maximum absolute atomic E-state index is 2.31. The average molecular weight is 659 g/mol. The zero-order valence-corrected chi connectivity index (χ0v) is 28.7. The van der Waals surface area contributed by atoms with Crippen LogP contribution in [0.3, 0.4) is 0 Å². The van der Waals surface area contributed by atoms with E-state index >= 15 is 0 Å². The molecule has 0 N–H and O–H groups in total. The predicted molar refractivity (Wildman–Crippen MR) is 165 cm³/mol. The standard InChI is InChI=1S/2C17H15.C2H6Si.2ClH.Zr/c2*1-13-6-2-3-7-15(13)10-14-11-16-8-4-5-9-17(16)12-14;1-3-2;;;/h2*2-9,11-12H,10H2,1H3;1-2H3;2*1H;/q2*-1;;;;+2/p-2. The van der Waals surface area contributed by atoms with Crippen LogP contribution in [0, 0.1) is 13.8 Å². The van der Waals surface area contributed by atoms with E-state index in [1.807, 2.05) is 0 Å². The van der Waals surface area contributed by atoms with Crippen molar-refractivity contribution in [2.75, 3.05) is 0 Å². The first-order valence-electron chi connectivity index (χ1n) is 13.3. The molecule has 0 unspecified atom stereocenters. The second-order valence-corrected chi connectivity index (χ2v) is 19.6. The van der Waals surface area contributed by atoms with Crippen molar-refractivity contribution in [2.45, 2.75) is 39.8 Å². The fourth-order valence-corrected chi connectivity index (χ4v) is 4.69. The van der Waals surface area contributed by atoms with E-state index in [2.05, 4.69) is 148 Å². The Hall–Kier alpha value is -2.22. The van der Waals surface area contributed by atoms with Crippen LogP contribution in [0.2, 0.25) is 13.1 Å². The van der Waals surface area contributed by atoms with Crippen molar-refractivity contribution in [3.05, 3.63) is 155 Å². The van der Waals surface area contributed by atoms with Gasteiger partial charge in [0.05, 0.1) is 0 Å². The molecule has 0 amide bonds. The fraction of sp³-hybridized carbons (Fsp3) is 0.167. The Labute approximate surface area is 267 Å². The number of aryl methyl sites for hydroxylation is 2. The topological polar surface area (TPSA) is 0 Å². The predicted octanol–water partition coefficient (Wildman–Crippen LogP) is 3.71. The third-order valence-corrected chi connectivity index (χ3v) is 6.67. The first-order valence-corrected chi connectivity index (χ1v) is 19.5. The van der Waals surface area contributed by atoms with Crippen molar-refractivity contribution in [3.8, 4) is 0 Å². The Morgan fingerprint density at radius 1 is 0.550 bits per heavy atom. The minimum absolute atomic E-state index is 0. The van der Waals surface area contributed by atoms with Gasteiger partial charge in [-0.15, -0.1) is 81.2 Å². The fourth-order valence-electron chi connectivity index (χ4n) is 4.69. The third-order valence-electron chi connectivity index (χ3n) is 6.67. The molecule has 0 aliphatic rings. The van der Waals surface area contributed by atoms with E-state index < -0.39 is 0 Å². The Balaban J connectivity index is 0.000000237. The number of fused-ring (bicyclic) bond motifs is 2. The van der Waals surface area contributed by atoms with Crippen molar-refractivity contribution in [1.29, 1.82) is 0 Å². The summed E-state index contributed by atoms with van der Waals surface area (Å²) in [5.74, 6) is 0. The van der Waals surface area contributed by atoms with E-state index in [1.165, 1.54) is 54.9 Å². The molecule has 0 saturated heterocycles. The van der Waals surface area contributed by atoms with Crippen LogP contribution >= 0.6 is 0 Å². The second kappa shape index (κ2) is 16.9. The van der Waals surface area contributed by atoms with Gasteiger partial charge in [0.2, 0.25) is 0 Å². The van der Waals surface area contributed by atoms with Crippen molar-refractivity contribution >= 4 is 27.0 Å². The molecule has 0 bridgehead atoms. The van der Waals surface area contributed by atoms with Crippen molar-refractivity contribution in [2.24, 2.45) is 0 Å². The van der Waals surface area contributed by atoms with Gasteiger partial charge in [0.15, 0.2) is 0 Å². The van der Waals surface area contributed by atoms with Crippen LogP contribution in [-0.4, -0.2) is 5.43 Å². The summed E-state index contributed by atoms with van der Waals surface area (Å²) in [7, 11) is 0. The third kappa shape index (κ3) is 10.0. The molecule has 6 aromatic rings. The van der Waals surface area contributed by atoms with Crippen molar-refractivity contribution in [3.63, 3.8) is 0 Å².